The van der Waals surface area contributed by atoms with Gasteiger partial charge in [-0.15, -0.1) is 3.89 Å². The van der Waals surface area contributed by atoms with Gasteiger partial charge in [-0.3, -0.25) is 4.79 Å². The maximum Gasteiger partial charge on any atom is 0.341 e. The number of nitrogens with one attached hydrogen (secondary N) is 1. The Morgan fingerprint density at radius 2 is 1.84 bits per heavy atom. The summed E-state index contributed by atoms with van der Waals surface area (Å²) in [6, 6.07) is 12.2. The van der Waals surface area contributed by atoms with Crippen LogP contribution in [-0.2, 0) is 26.2 Å². The molecule has 1 aliphatic rings. The van der Waals surface area contributed by atoms with Crippen LogP contribution in [0.25, 0.3) is 16.5 Å². The number of rotatable bonds is 4. The number of carbonyl (C=O) groups is 2. The van der Waals surface area contributed by atoms with Crippen LogP contribution in [0.1, 0.15) is 28.5 Å². The maximum atomic E-state index is 13.1. The minimum absolute atomic E-state index is 0.169. The zero-order valence-corrected chi connectivity index (χ0v) is 17.4. The van der Waals surface area contributed by atoms with Crippen molar-refractivity contribution < 1.29 is 26.6 Å². The fourth-order valence-corrected chi connectivity index (χ4v) is 4.12. The second kappa shape index (κ2) is 7.99. The molecule has 1 aliphatic heterocycles. The molecule has 1 amide bonds. The molecule has 1 N–H and O–H groups in total. The normalized spacial score (nSPS) is 14.0. The van der Waals surface area contributed by atoms with Gasteiger partial charge in [-0.05, 0) is 49.2 Å². The molecule has 0 radical (unpaired) electrons. The van der Waals surface area contributed by atoms with E-state index in [1.165, 1.54) is 23.2 Å². The number of H-pyrrole nitrogens is 1. The fraction of sp³-hybridized carbons (Fsp3) is 0.182. The quantitative estimate of drug-likeness (QED) is 0.493. The Kier molecular flexibility index (Phi) is 5.36. The number of nitrogens with zero attached hydrogens (tertiary/aromatic N) is 1. The van der Waals surface area contributed by atoms with Crippen molar-refractivity contribution in [3.63, 3.8) is 0 Å². The molecule has 0 atom stereocenters. The smallest absolute Gasteiger partial charge is 0.341 e. The Morgan fingerprint density at radius 1 is 1.13 bits per heavy atom. The number of halogens is 1. The summed E-state index contributed by atoms with van der Waals surface area (Å²) in [5, 5.41) is 0.958. The number of amides is 1. The molecule has 0 aliphatic carbocycles. The van der Waals surface area contributed by atoms with Gasteiger partial charge in [0.15, 0.2) is 0 Å². The summed E-state index contributed by atoms with van der Waals surface area (Å²) in [5.74, 6) is -1.01. The van der Waals surface area contributed by atoms with Gasteiger partial charge in [0.1, 0.15) is 0 Å². The summed E-state index contributed by atoms with van der Waals surface area (Å²) in [6.45, 7) is 2.17. The van der Waals surface area contributed by atoms with Gasteiger partial charge in [-0.1, -0.05) is 18.2 Å². The molecular weight excluding hydrogens is 423 g/mol. The monoisotopic (exact) mass is 442 g/mol. The first-order valence-corrected chi connectivity index (χ1v) is 11.0. The van der Waals surface area contributed by atoms with Crippen LogP contribution >= 0.6 is 0 Å². The number of benzene rings is 2. The van der Waals surface area contributed by atoms with E-state index in [1.807, 2.05) is 24.3 Å². The highest BCUT2D eigenvalue weighted by Crippen LogP contribution is 2.31. The predicted octanol–water partition coefficient (Wildman–Crippen LogP) is 3.43. The average Bonchev–Trinajstić information content (AvgIpc) is 3.00. The third-order valence-electron chi connectivity index (χ3n) is 5.11. The summed E-state index contributed by atoms with van der Waals surface area (Å²) in [5.41, 5.74) is 2.78. The fourth-order valence-electron chi connectivity index (χ4n) is 3.66. The van der Waals surface area contributed by atoms with Crippen LogP contribution in [-0.4, -0.2) is 43.3 Å². The number of hydrogen-bond donors (Lipinski definition) is 1. The van der Waals surface area contributed by atoms with Crippen molar-refractivity contribution in [2.45, 2.75) is 18.2 Å². The van der Waals surface area contributed by atoms with Gasteiger partial charge in [0.05, 0.1) is 22.8 Å². The minimum Gasteiger partial charge on any atom is -0.462 e. The van der Waals surface area contributed by atoms with E-state index in [9.17, 15) is 21.9 Å². The van der Waals surface area contributed by atoms with Gasteiger partial charge in [0.2, 0.25) is 0 Å². The Morgan fingerprint density at radius 3 is 2.52 bits per heavy atom. The van der Waals surface area contributed by atoms with Crippen LogP contribution in [0, 0.1) is 0 Å². The zero-order chi connectivity index (χ0) is 22.2. The van der Waals surface area contributed by atoms with E-state index in [0.29, 0.717) is 18.7 Å². The standard InChI is InChI=1S/C22H19FN2O5S/c1-2-30-22(27)18-13-25(21(26)14-7-9-15(10-8-14)31(23,28)29)12-11-17-16-5-3-4-6-19(16)24-20(17)18/h3-10,13,24H,2,11-12H2,1H3. The van der Waals surface area contributed by atoms with Gasteiger partial charge < -0.3 is 14.6 Å². The molecule has 160 valence electrons. The van der Waals surface area contributed by atoms with E-state index < -0.39 is 27.0 Å². The molecule has 2 heterocycles. The van der Waals surface area contributed by atoms with E-state index in [0.717, 1.165) is 28.6 Å². The Hall–Kier alpha value is -3.46. The average molecular weight is 442 g/mol. The lowest BCUT2D eigenvalue weighted by Gasteiger charge is -2.18. The van der Waals surface area contributed by atoms with Crippen LogP contribution in [0.2, 0.25) is 0 Å². The number of aromatic amines is 1. The Bertz CT molecular complexity index is 1310. The second-order valence-electron chi connectivity index (χ2n) is 7.00. The topological polar surface area (TPSA) is 96.5 Å². The number of esters is 1. The molecule has 0 saturated heterocycles. The first kappa shape index (κ1) is 20.8. The number of aromatic nitrogens is 1. The molecular formula is C22H19FN2O5S. The van der Waals surface area contributed by atoms with E-state index in [1.54, 1.807) is 6.92 Å². The first-order chi connectivity index (χ1) is 14.8. The molecule has 7 nitrogen and oxygen atoms in total. The van der Waals surface area contributed by atoms with Crippen molar-refractivity contribution in [2.75, 3.05) is 13.2 Å². The van der Waals surface area contributed by atoms with E-state index in [-0.39, 0.29) is 17.7 Å². The van der Waals surface area contributed by atoms with Gasteiger partial charge in [0, 0.05) is 29.2 Å². The number of fused-ring (bicyclic) bond motifs is 3. The number of para-hydroxylation sites is 1. The second-order valence-corrected chi connectivity index (χ2v) is 8.35. The minimum atomic E-state index is -4.85. The van der Waals surface area contributed by atoms with Gasteiger partial charge >= 0.3 is 16.2 Å². The lowest BCUT2D eigenvalue weighted by atomic mass is 10.0. The number of carbonyl (C=O) groups excluding carboxylic acids is 2. The van der Waals surface area contributed by atoms with Gasteiger partial charge in [0.25, 0.3) is 5.91 Å². The third kappa shape index (κ3) is 3.96. The molecule has 31 heavy (non-hydrogen) atoms. The van der Waals surface area contributed by atoms with E-state index >= 15 is 0 Å². The summed E-state index contributed by atoms with van der Waals surface area (Å²) < 4.78 is 40.4. The molecule has 9 heteroatoms. The van der Waals surface area contributed by atoms with Crippen molar-refractivity contribution in [3.05, 3.63) is 71.6 Å². The summed E-state index contributed by atoms with van der Waals surface area (Å²) >= 11 is 0. The summed E-state index contributed by atoms with van der Waals surface area (Å²) in [6.07, 6.45) is 1.93. The van der Waals surface area contributed by atoms with Gasteiger partial charge in [-0.25, -0.2) is 4.79 Å². The highest BCUT2D eigenvalue weighted by molar-refractivity contribution is 7.86. The highest BCUT2D eigenvalue weighted by Gasteiger charge is 2.27. The summed E-state index contributed by atoms with van der Waals surface area (Å²) in [7, 11) is -4.85. The molecule has 3 aromatic rings. The van der Waals surface area contributed by atoms with Crippen molar-refractivity contribution in [1.82, 2.24) is 9.88 Å². The molecule has 1 aromatic heterocycles. The lowest BCUT2D eigenvalue weighted by molar-refractivity contribution is -0.136. The highest BCUT2D eigenvalue weighted by atomic mass is 32.3. The van der Waals surface area contributed by atoms with Crippen molar-refractivity contribution in [2.24, 2.45) is 0 Å². The molecule has 2 aromatic carbocycles. The van der Waals surface area contributed by atoms with Crippen molar-refractivity contribution >= 4 is 38.6 Å². The van der Waals surface area contributed by atoms with Crippen molar-refractivity contribution in [1.29, 1.82) is 0 Å². The number of hydrogen-bond acceptors (Lipinski definition) is 5. The van der Waals surface area contributed by atoms with E-state index in [4.69, 9.17) is 4.74 Å². The van der Waals surface area contributed by atoms with Crippen LogP contribution < -0.4 is 0 Å². The van der Waals surface area contributed by atoms with Crippen LogP contribution in [0.15, 0.2) is 59.6 Å². The molecule has 0 unspecified atom stereocenters. The SMILES string of the molecule is CCOC(=O)C1=CN(C(=O)c2ccc(S(=O)(=O)F)cc2)CCc2c1[nH]c1ccccc21. The summed E-state index contributed by atoms with van der Waals surface area (Å²) in [4.78, 5) is 29.9. The predicted molar refractivity (Wildman–Crippen MR) is 112 cm³/mol. The lowest BCUT2D eigenvalue weighted by Crippen LogP contribution is -2.28. The van der Waals surface area contributed by atoms with E-state index in [2.05, 4.69) is 4.98 Å². The van der Waals surface area contributed by atoms with Crippen molar-refractivity contribution in [3.8, 4) is 0 Å². The molecule has 0 saturated carbocycles. The van der Waals surface area contributed by atoms with Crippen LogP contribution in [0.5, 0.6) is 0 Å². The van der Waals surface area contributed by atoms with Crippen LogP contribution in [0.3, 0.4) is 0 Å². The Balaban J connectivity index is 1.74. The zero-order valence-electron chi connectivity index (χ0n) is 16.6. The van der Waals surface area contributed by atoms with Gasteiger partial charge in [-0.2, -0.15) is 8.42 Å². The third-order valence-corrected chi connectivity index (χ3v) is 5.94. The molecule has 0 bridgehead atoms. The van der Waals surface area contributed by atoms with Crippen LogP contribution in [0.4, 0.5) is 3.89 Å². The largest absolute Gasteiger partial charge is 0.462 e. The molecule has 0 spiro atoms. The molecule has 4 rings (SSSR count). The first-order valence-electron chi connectivity index (χ1n) is 9.64. The number of ether oxygens (including phenoxy) is 1. The Labute approximate surface area is 178 Å². The molecule has 0 fully saturated rings. The maximum absolute atomic E-state index is 13.1.